The van der Waals surface area contributed by atoms with E-state index in [1.54, 1.807) is 0 Å². The molecule has 2 unspecified atom stereocenters. The number of likely N-dealkylation sites (N-methyl/N-ethyl adjacent to an activating group) is 1. The van der Waals surface area contributed by atoms with Crippen LogP contribution in [0.1, 0.15) is 206 Å². The van der Waals surface area contributed by atoms with Gasteiger partial charge >= 0.3 is 11.9 Å². The van der Waals surface area contributed by atoms with Crippen LogP contribution in [-0.4, -0.2) is 86.5 Å². The fourth-order valence-corrected chi connectivity index (χ4v) is 6.42. The number of quaternary nitrogens is 1. The topological polar surface area (TPSA) is 102 Å². The van der Waals surface area contributed by atoms with Crippen LogP contribution >= 0.6 is 0 Å². The van der Waals surface area contributed by atoms with E-state index >= 15 is 0 Å². The third-order valence-corrected chi connectivity index (χ3v) is 9.84. The Morgan fingerprint density at radius 1 is 0.510 bits per heavy atom. The molecule has 0 aromatic rings. The van der Waals surface area contributed by atoms with Gasteiger partial charge in [0.2, 0.25) is 0 Å². The van der Waals surface area contributed by atoms with E-state index in [0.717, 1.165) is 19.3 Å². The van der Waals surface area contributed by atoms with Gasteiger partial charge in [-0.2, -0.15) is 0 Å². The van der Waals surface area contributed by atoms with Gasteiger partial charge in [0.15, 0.2) is 0 Å². The van der Waals surface area contributed by atoms with E-state index in [9.17, 15) is 19.8 Å². The summed E-state index contributed by atoms with van der Waals surface area (Å²) in [5.41, 5.74) is 0. The van der Waals surface area contributed by atoms with Crippen molar-refractivity contribution >= 4 is 11.9 Å². The summed E-state index contributed by atoms with van der Waals surface area (Å²) in [5, 5.41) is 19.3. The maximum atomic E-state index is 12.0. The molecule has 0 spiro atoms. The first-order valence-corrected chi connectivity index (χ1v) is 21.8. The van der Waals surface area contributed by atoms with Crippen LogP contribution in [0, 0.1) is 0 Å². The second-order valence-electron chi connectivity index (χ2n) is 16.2. The van der Waals surface area contributed by atoms with E-state index in [0.29, 0.717) is 17.4 Å². The second-order valence-corrected chi connectivity index (χ2v) is 16.2. The number of ether oxygens (including phenoxy) is 3. The standard InChI is InChI=1S/C43H85NO7/c1-5-6-7-8-9-10-11-12-13-14-15-16-17-18-19-20-21-22-23-24-25-26-27-28-29-30-31-32-33-34-35-41(46)50-38-40(45)39-51-43(42(47)48)49-37-36-44(2,3)4/h40,43,45H,5-39H2,1-4H3/p+1. The zero-order valence-electron chi connectivity index (χ0n) is 34.3. The highest BCUT2D eigenvalue weighted by Gasteiger charge is 2.22. The number of esters is 1. The highest BCUT2D eigenvalue weighted by atomic mass is 16.7. The number of hydrogen-bond donors (Lipinski definition) is 2. The predicted octanol–water partition coefficient (Wildman–Crippen LogP) is 11.2. The highest BCUT2D eigenvalue weighted by molar-refractivity contribution is 5.70. The summed E-state index contributed by atoms with van der Waals surface area (Å²) >= 11 is 0. The lowest BCUT2D eigenvalue weighted by atomic mass is 10.0. The van der Waals surface area contributed by atoms with Crippen LogP contribution in [0.5, 0.6) is 0 Å². The minimum atomic E-state index is -1.46. The van der Waals surface area contributed by atoms with Gasteiger partial charge in [-0.05, 0) is 6.42 Å². The van der Waals surface area contributed by atoms with Gasteiger partial charge in [0.05, 0.1) is 34.4 Å². The number of carbonyl (C=O) groups excluding carboxylic acids is 1. The Morgan fingerprint density at radius 3 is 1.16 bits per heavy atom. The summed E-state index contributed by atoms with van der Waals surface area (Å²) in [6.45, 7) is 2.62. The second kappa shape index (κ2) is 37.1. The van der Waals surface area contributed by atoms with Crippen LogP contribution in [-0.2, 0) is 23.8 Å². The molecule has 8 nitrogen and oxygen atoms in total. The average molecular weight is 729 g/mol. The molecule has 2 N–H and O–H groups in total. The quantitative estimate of drug-likeness (QED) is 0.0280. The maximum Gasteiger partial charge on any atom is 0.361 e. The molecule has 2 atom stereocenters. The Labute approximate surface area is 315 Å². The van der Waals surface area contributed by atoms with Crippen molar-refractivity contribution in [3.05, 3.63) is 0 Å². The van der Waals surface area contributed by atoms with E-state index in [-0.39, 0.29) is 25.8 Å². The number of carboxylic acids is 1. The molecule has 0 amide bonds. The Kier molecular flexibility index (Phi) is 36.2. The molecule has 51 heavy (non-hydrogen) atoms. The van der Waals surface area contributed by atoms with E-state index in [1.807, 2.05) is 21.1 Å². The van der Waals surface area contributed by atoms with E-state index < -0.39 is 18.4 Å². The lowest BCUT2D eigenvalue weighted by Gasteiger charge is -2.24. The van der Waals surface area contributed by atoms with E-state index in [4.69, 9.17) is 14.2 Å². The van der Waals surface area contributed by atoms with Gasteiger partial charge in [-0.25, -0.2) is 4.79 Å². The lowest BCUT2D eigenvalue weighted by molar-refractivity contribution is -0.870. The van der Waals surface area contributed by atoms with Crippen LogP contribution < -0.4 is 0 Å². The summed E-state index contributed by atoms with van der Waals surface area (Å²) in [4.78, 5) is 23.3. The molecule has 0 aliphatic heterocycles. The van der Waals surface area contributed by atoms with Crippen molar-refractivity contribution in [2.75, 3.05) is 47.5 Å². The summed E-state index contributed by atoms with van der Waals surface area (Å²) < 4.78 is 16.2. The van der Waals surface area contributed by atoms with Crippen LogP contribution in [0.25, 0.3) is 0 Å². The number of aliphatic hydroxyl groups excluding tert-OH is 1. The first-order chi connectivity index (χ1) is 24.7. The monoisotopic (exact) mass is 729 g/mol. The third kappa shape index (κ3) is 39.8. The van der Waals surface area contributed by atoms with Crippen molar-refractivity contribution in [3.63, 3.8) is 0 Å². The molecule has 0 heterocycles. The molecule has 0 aliphatic rings. The SMILES string of the molecule is CCCCCCCCCCCCCCCCCCCCCCCCCCCCCCCCC(=O)OCC(O)COC(OCC[N+](C)(C)C)C(=O)O. The molecular weight excluding hydrogens is 642 g/mol. The Balaban J connectivity index is 3.35. The molecule has 0 bridgehead atoms. The zero-order valence-corrected chi connectivity index (χ0v) is 34.3. The van der Waals surface area contributed by atoms with Crippen molar-refractivity contribution in [2.45, 2.75) is 218 Å². The number of carboxylic acid groups (broad SMARTS) is 1. The molecule has 0 radical (unpaired) electrons. The third-order valence-electron chi connectivity index (χ3n) is 9.84. The Hall–Kier alpha value is -1.22. The first kappa shape index (κ1) is 49.8. The van der Waals surface area contributed by atoms with Crippen molar-refractivity contribution in [3.8, 4) is 0 Å². The largest absolute Gasteiger partial charge is 0.477 e. The fourth-order valence-electron chi connectivity index (χ4n) is 6.42. The molecule has 0 aromatic carbocycles. The summed E-state index contributed by atoms with van der Waals surface area (Å²) in [7, 11) is 5.93. The average Bonchev–Trinajstić information content (AvgIpc) is 3.09. The number of carbonyl (C=O) groups is 2. The van der Waals surface area contributed by atoms with E-state index in [2.05, 4.69) is 6.92 Å². The Bertz CT molecular complexity index is 757. The number of aliphatic hydroxyl groups is 1. The molecule has 0 saturated carbocycles. The molecule has 0 fully saturated rings. The van der Waals surface area contributed by atoms with Gasteiger partial charge in [-0.1, -0.05) is 193 Å². The highest BCUT2D eigenvalue weighted by Crippen LogP contribution is 2.17. The minimum absolute atomic E-state index is 0.214. The van der Waals surface area contributed by atoms with Crippen molar-refractivity contribution in [1.82, 2.24) is 0 Å². The van der Waals surface area contributed by atoms with Gasteiger partial charge in [-0.15, -0.1) is 0 Å². The number of aliphatic carboxylic acids is 1. The smallest absolute Gasteiger partial charge is 0.361 e. The van der Waals surface area contributed by atoms with Crippen LogP contribution in [0.15, 0.2) is 0 Å². The number of rotatable bonds is 41. The summed E-state index contributed by atoms with van der Waals surface area (Å²) in [6.07, 6.45) is 38.8. The fraction of sp³-hybridized carbons (Fsp3) is 0.953. The molecule has 0 rings (SSSR count). The summed E-state index contributed by atoms with van der Waals surface area (Å²) in [6, 6.07) is 0. The van der Waals surface area contributed by atoms with Crippen LogP contribution in [0.2, 0.25) is 0 Å². The minimum Gasteiger partial charge on any atom is -0.477 e. The number of nitrogens with zero attached hydrogens (tertiary/aromatic N) is 1. The molecule has 304 valence electrons. The normalized spacial score (nSPS) is 13.0. The Morgan fingerprint density at radius 2 is 0.843 bits per heavy atom. The van der Waals surface area contributed by atoms with Gasteiger partial charge in [0.25, 0.3) is 6.29 Å². The van der Waals surface area contributed by atoms with Crippen LogP contribution in [0.3, 0.4) is 0 Å². The van der Waals surface area contributed by atoms with Gasteiger partial charge in [-0.3, -0.25) is 4.79 Å². The van der Waals surface area contributed by atoms with Crippen LogP contribution in [0.4, 0.5) is 0 Å². The molecule has 0 aliphatic carbocycles. The van der Waals surface area contributed by atoms with Gasteiger partial charge in [0.1, 0.15) is 19.3 Å². The molecule has 8 heteroatoms. The molecule has 0 aromatic heterocycles. The van der Waals surface area contributed by atoms with Gasteiger partial charge in [0, 0.05) is 6.42 Å². The molecule has 0 saturated heterocycles. The number of hydrogen-bond acceptors (Lipinski definition) is 6. The summed E-state index contributed by atoms with van der Waals surface area (Å²) in [5.74, 6) is -1.60. The van der Waals surface area contributed by atoms with Crippen molar-refractivity contribution in [2.24, 2.45) is 0 Å². The zero-order chi connectivity index (χ0) is 37.7. The first-order valence-electron chi connectivity index (χ1n) is 21.8. The van der Waals surface area contributed by atoms with Crippen molar-refractivity contribution < 1.29 is 38.5 Å². The van der Waals surface area contributed by atoms with Crippen molar-refractivity contribution in [1.29, 1.82) is 0 Å². The number of unbranched alkanes of at least 4 members (excludes halogenated alkanes) is 29. The van der Waals surface area contributed by atoms with Gasteiger partial charge < -0.3 is 28.9 Å². The maximum absolute atomic E-state index is 12.0. The predicted molar refractivity (Wildman–Crippen MR) is 212 cm³/mol. The molecular formula is C43H86NO7+. The van der Waals surface area contributed by atoms with E-state index in [1.165, 1.54) is 173 Å². The lowest BCUT2D eigenvalue weighted by Crippen LogP contribution is -2.40.